The molecule has 0 radical (unpaired) electrons. The van der Waals surface area contributed by atoms with E-state index in [2.05, 4.69) is 15.9 Å². The fourth-order valence-electron chi connectivity index (χ4n) is 3.02. The van der Waals surface area contributed by atoms with Crippen molar-refractivity contribution in [1.29, 1.82) is 0 Å². The van der Waals surface area contributed by atoms with E-state index in [0.717, 1.165) is 15.7 Å². The molecule has 1 aliphatic heterocycles. The monoisotopic (exact) mass is 386 g/mol. The number of nitrogens with zero attached hydrogens (tertiary/aromatic N) is 2. The van der Waals surface area contributed by atoms with Gasteiger partial charge in [0.15, 0.2) is 0 Å². The molecule has 0 aliphatic carbocycles. The van der Waals surface area contributed by atoms with Crippen LogP contribution < -0.4 is 4.90 Å². The number of rotatable bonds is 2. The van der Waals surface area contributed by atoms with Crippen LogP contribution in [0, 0.1) is 6.92 Å². The zero-order chi connectivity index (χ0) is 17.3. The van der Waals surface area contributed by atoms with Gasteiger partial charge in [0.25, 0.3) is 5.91 Å². The van der Waals surface area contributed by atoms with Gasteiger partial charge >= 0.3 is 0 Å². The Morgan fingerprint density at radius 2 is 1.88 bits per heavy atom. The molecule has 2 aromatic carbocycles. The molecule has 24 heavy (non-hydrogen) atoms. The van der Waals surface area contributed by atoms with Crippen LogP contribution in [-0.2, 0) is 4.79 Å². The fourth-order valence-corrected chi connectivity index (χ4v) is 3.40. The van der Waals surface area contributed by atoms with Crippen LogP contribution in [0.15, 0.2) is 53.0 Å². The van der Waals surface area contributed by atoms with Crippen LogP contribution in [0.3, 0.4) is 0 Å². The molecular formula is C19H19BrN2O2. The second kappa shape index (κ2) is 6.77. The number of hydrogen-bond acceptors (Lipinski definition) is 2. The van der Waals surface area contributed by atoms with Crippen molar-refractivity contribution in [1.82, 2.24) is 4.90 Å². The maximum atomic E-state index is 12.8. The maximum absolute atomic E-state index is 12.8. The van der Waals surface area contributed by atoms with Crippen molar-refractivity contribution in [2.24, 2.45) is 0 Å². The molecule has 1 unspecified atom stereocenters. The highest BCUT2D eigenvalue weighted by Gasteiger charge is 2.35. The van der Waals surface area contributed by atoms with Crippen LogP contribution in [0.5, 0.6) is 0 Å². The molecule has 0 aromatic heterocycles. The molecule has 5 heteroatoms. The molecule has 0 saturated carbocycles. The van der Waals surface area contributed by atoms with E-state index in [9.17, 15) is 9.59 Å². The molecule has 1 atom stereocenters. The van der Waals surface area contributed by atoms with Crippen molar-refractivity contribution in [3.63, 3.8) is 0 Å². The van der Waals surface area contributed by atoms with Crippen molar-refractivity contribution < 1.29 is 9.59 Å². The van der Waals surface area contributed by atoms with E-state index in [4.69, 9.17) is 0 Å². The van der Waals surface area contributed by atoms with Crippen molar-refractivity contribution in [2.45, 2.75) is 19.9 Å². The van der Waals surface area contributed by atoms with Gasteiger partial charge in [-0.2, -0.15) is 0 Å². The Kier molecular flexibility index (Phi) is 4.71. The Bertz CT molecular complexity index is 790. The zero-order valence-corrected chi connectivity index (χ0v) is 15.3. The number of benzene rings is 2. The molecular weight excluding hydrogens is 368 g/mol. The molecule has 124 valence electrons. The first-order valence-corrected chi connectivity index (χ1v) is 8.72. The summed E-state index contributed by atoms with van der Waals surface area (Å²) >= 11 is 3.43. The second-order valence-corrected chi connectivity index (χ2v) is 6.87. The minimum absolute atomic E-state index is 0.0544. The smallest absolute Gasteiger partial charge is 0.254 e. The first-order chi connectivity index (χ1) is 11.5. The average Bonchev–Trinajstić information content (AvgIpc) is 2.57. The SMILES string of the molecule is Cc1ccccc1C(=O)N1CCN(c2cccc(Br)c2)C(=O)C1C. The lowest BCUT2D eigenvalue weighted by Crippen LogP contribution is -2.57. The van der Waals surface area contributed by atoms with Gasteiger partial charge in [-0.25, -0.2) is 0 Å². The predicted molar refractivity (Wildman–Crippen MR) is 98.2 cm³/mol. The minimum Gasteiger partial charge on any atom is -0.325 e. The van der Waals surface area contributed by atoms with E-state index < -0.39 is 6.04 Å². The van der Waals surface area contributed by atoms with Crippen LogP contribution in [-0.4, -0.2) is 35.8 Å². The van der Waals surface area contributed by atoms with Crippen LogP contribution >= 0.6 is 15.9 Å². The van der Waals surface area contributed by atoms with E-state index >= 15 is 0 Å². The molecule has 4 nitrogen and oxygen atoms in total. The standard InChI is InChI=1S/C19H19BrN2O2/c1-13-6-3-4-9-17(13)19(24)21-10-11-22(18(23)14(21)2)16-8-5-7-15(20)12-16/h3-9,12,14H,10-11H2,1-2H3. The molecule has 0 spiro atoms. The number of anilines is 1. The van der Waals surface area contributed by atoms with Gasteiger partial charge in [-0.1, -0.05) is 40.2 Å². The summed E-state index contributed by atoms with van der Waals surface area (Å²) in [4.78, 5) is 29.0. The Labute approximate surface area is 150 Å². The second-order valence-electron chi connectivity index (χ2n) is 5.96. The van der Waals surface area contributed by atoms with Crippen molar-refractivity contribution in [3.05, 3.63) is 64.1 Å². The van der Waals surface area contributed by atoms with Crippen LogP contribution in [0.2, 0.25) is 0 Å². The number of carbonyl (C=O) groups is 2. The van der Waals surface area contributed by atoms with Crippen molar-refractivity contribution >= 4 is 33.4 Å². The molecule has 2 aromatic rings. The van der Waals surface area contributed by atoms with Crippen molar-refractivity contribution in [2.75, 3.05) is 18.0 Å². The summed E-state index contributed by atoms with van der Waals surface area (Å²) in [5.41, 5.74) is 2.44. The molecule has 1 saturated heterocycles. The van der Waals surface area contributed by atoms with Gasteiger partial charge in [0.2, 0.25) is 5.91 Å². The largest absolute Gasteiger partial charge is 0.325 e. The summed E-state index contributed by atoms with van der Waals surface area (Å²) in [5.74, 6) is -0.135. The van der Waals surface area contributed by atoms with Crippen LogP contribution in [0.4, 0.5) is 5.69 Å². The van der Waals surface area contributed by atoms with E-state index in [1.165, 1.54) is 0 Å². The van der Waals surface area contributed by atoms with E-state index in [0.29, 0.717) is 18.7 Å². The van der Waals surface area contributed by atoms with Gasteiger partial charge in [0.05, 0.1) is 0 Å². The average molecular weight is 387 g/mol. The molecule has 1 aliphatic rings. The summed E-state index contributed by atoms with van der Waals surface area (Å²) in [6.07, 6.45) is 0. The molecule has 0 bridgehead atoms. The minimum atomic E-state index is -0.482. The Balaban J connectivity index is 1.83. The van der Waals surface area contributed by atoms with E-state index in [1.54, 1.807) is 16.7 Å². The quantitative estimate of drug-likeness (QED) is 0.790. The highest BCUT2D eigenvalue weighted by atomic mass is 79.9. The number of piperazine rings is 1. The normalized spacial score (nSPS) is 18.0. The highest BCUT2D eigenvalue weighted by molar-refractivity contribution is 9.10. The van der Waals surface area contributed by atoms with Gasteiger partial charge in [0.1, 0.15) is 6.04 Å². The third kappa shape index (κ3) is 3.08. The zero-order valence-electron chi connectivity index (χ0n) is 13.7. The maximum Gasteiger partial charge on any atom is 0.254 e. The number of aryl methyl sites for hydroxylation is 1. The predicted octanol–water partition coefficient (Wildman–Crippen LogP) is 3.64. The molecule has 1 fully saturated rings. The Hall–Kier alpha value is -2.14. The topological polar surface area (TPSA) is 40.6 Å². The first-order valence-electron chi connectivity index (χ1n) is 7.92. The molecule has 2 amide bonds. The molecule has 3 rings (SSSR count). The third-order valence-corrected chi connectivity index (χ3v) is 4.90. The third-order valence-electron chi connectivity index (χ3n) is 4.41. The van der Waals surface area contributed by atoms with Crippen LogP contribution in [0.25, 0.3) is 0 Å². The van der Waals surface area contributed by atoms with E-state index in [-0.39, 0.29) is 11.8 Å². The van der Waals surface area contributed by atoms with Gasteiger partial charge in [-0.05, 0) is 43.7 Å². The Morgan fingerprint density at radius 3 is 2.58 bits per heavy atom. The van der Waals surface area contributed by atoms with Crippen LogP contribution in [0.1, 0.15) is 22.8 Å². The number of hydrogen-bond donors (Lipinski definition) is 0. The lowest BCUT2D eigenvalue weighted by atomic mass is 10.0. The first kappa shape index (κ1) is 16.7. The summed E-state index contributed by atoms with van der Waals surface area (Å²) < 4.78 is 0.930. The van der Waals surface area contributed by atoms with Gasteiger partial charge in [-0.3, -0.25) is 9.59 Å². The molecule has 1 heterocycles. The summed E-state index contributed by atoms with van der Waals surface area (Å²) in [5, 5.41) is 0. The Morgan fingerprint density at radius 1 is 1.12 bits per heavy atom. The number of carbonyl (C=O) groups excluding carboxylic acids is 2. The summed E-state index contributed by atoms with van der Waals surface area (Å²) in [6.45, 7) is 4.73. The number of amides is 2. The lowest BCUT2D eigenvalue weighted by molar-refractivity contribution is -0.124. The summed E-state index contributed by atoms with van der Waals surface area (Å²) in [6, 6.07) is 14.7. The fraction of sp³-hybridized carbons (Fsp3) is 0.263. The van der Waals surface area contributed by atoms with Gasteiger partial charge in [0, 0.05) is 28.8 Å². The lowest BCUT2D eigenvalue weighted by Gasteiger charge is -2.39. The number of halogens is 1. The van der Waals surface area contributed by atoms with Gasteiger partial charge in [-0.15, -0.1) is 0 Å². The van der Waals surface area contributed by atoms with Crippen molar-refractivity contribution in [3.8, 4) is 0 Å². The highest BCUT2D eigenvalue weighted by Crippen LogP contribution is 2.25. The van der Waals surface area contributed by atoms with Gasteiger partial charge < -0.3 is 9.80 Å². The molecule has 0 N–H and O–H groups in total. The van der Waals surface area contributed by atoms with E-state index in [1.807, 2.05) is 55.5 Å². The summed E-state index contributed by atoms with van der Waals surface area (Å²) in [7, 11) is 0.